The first-order valence-electron chi connectivity index (χ1n) is 12.6. The van der Waals surface area contributed by atoms with Gasteiger partial charge in [-0.2, -0.15) is 0 Å². The summed E-state index contributed by atoms with van der Waals surface area (Å²) in [4.78, 5) is 0. The Morgan fingerprint density at radius 1 is 1.07 bits per heavy atom. The Morgan fingerprint density at radius 2 is 1.83 bits per heavy atom. The predicted molar refractivity (Wildman–Crippen MR) is 125 cm³/mol. The van der Waals surface area contributed by atoms with Crippen LogP contribution in [-0.4, -0.2) is 21.9 Å². The molecule has 0 aromatic rings. The summed E-state index contributed by atoms with van der Waals surface area (Å²) < 4.78 is 0. The lowest BCUT2D eigenvalue weighted by Crippen LogP contribution is -2.37. The molecule has 4 rings (SSSR count). The van der Waals surface area contributed by atoms with Gasteiger partial charge < -0.3 is 10.2 Å². The molecule has 0 amide bonds. The molecule has 30 heavy (non-hydrogen) atoms. The van der Waals surface area contributed by atoms with Crippen LogP contribution < -0.4 is 0 Å². The highest BCUT2D eigenvalue weighted by molar-refractivity contribution is 5.38. The second-order valence-electron chi connectivity index (χ2n) is 11.9. The van der Waals surface area contributed by atoms with Gasteiger partial charge >= 0.3 is 0 Å². The molecule has 0 spiro atoms. The van der Waals surface area contributed by atoms with Crippen molar-refractivity contribution >= 4 is 0 Å². The molecular formula is C28H44O2. The fourth-order valence-electron chi connectivity index (χ4n) is 7.48. The normalized spacial score (nSPS) is 38.8. The molecule has 2 heteroatoms. The fraction of sp³-hybridized carbons (Fsp3) is 0.786. The number of aliphatic hydroxyl groups is 2. The zero-order valence-electron chi connectivity index (χ0n) is 19.7. The molecule has 0 aromatic carbocycles. The zero-order valence-corrected chi connectivity index (χ0v) is 19.7. The van der Waals surface area contributed by atoms with Gasteiger partial charge in [0, 0.05) is 0 Å². The third-order valence-electron chi connectivity index (χ3n) is 9.30. The molecular weight excluding hydrogens is 368 g/mol. The first kappa shape index (κ1) is 22.3. The van der Waals surface area contributed by atoms with Crippen molar-refractivity contribution in [1.82, 2.24) is 0 Å². The maximum atomic E-state index is 10.2. The number of aliphatic hydroxyl groups excluding tert-OH is 1. The van der Waals surface area contributed by atoms with Gasteiger partial charge in [-0.3, -0.25) is 0 Å². The zero-order chi connectivity index (χ0) is 21.6. The standard InChI is InChI=1S/C28H44O2/c1-20-21(8-5-10-24(20)29)11-12-22-9-6-16-27(4)23(22)13-14-25(27)28(18-19-28)17-7-15-26(2,3)30/h11-12,23-25,29-30H,1,5-10,13-19H2,2-4H3/t23?,24-,25-,27-/m0/s1. The monoisotopic (exact) mass is 412 g/mol. The molecule has 4 fully saturated rings. The lowest BCUT2D eigenvalue weighted by molar-refractivity contribution is 0.0521. The summed E-state index contributed by atoms with van der Waals surface area (Å²) in [6, 6.07) is 0. The average molecular weight is 413 g/mol. The highest BCUT2D eigenvalue weighted by atomic mass is 16.3. The van der Waals surface area contributed by atoms with Gasteiger partial charge in [0.05, 0.1) is 11.7 Å². The van der Waals surface area contributed by atoms with Crippen LogP contribution in [0.4, 0.5) is 0 Å². The van der Waals surface area contributed by atoms with Gasteiger partial charge in [-0.25, -0.2) is 0 Å². The van der Waals surface area contributed by atoms with E-state index in [1.807, 2.05) is 13.8 Å². The summed E-state index contributed by atoms with van der Waals surface area (Å²) >= 11 is 0. The van der Waals surface area contributed by atoms with Crippen molar-refractivity contribution in [3.63, 3.8) is 0 Å². The van der Waals surface area contributed by atoms with Crippen LogP contribution in [0.5, 0.6) is 0 Å². The van der Waals surface area contributed by atoms with E-state index in [4.69, 9.17) is 0 Å². The Labute approximate surface area is 184 Å². The summed E-state index contributed by atoms with van der Waals surface area (Å²) in [5, 5.41) is 20.3. The summed E-state index contributed by atoms with van der Waals surface area (Å²) in [5.41, 5.74) is 4.38. The third kappa shape index (κ3) is 4.37. The number of allylic oxidation sites excluding steroid dienone is 3. The molecule has 2 N–H and O–H groups in total. The topological polar surface area (TPSA) is 40.5 Å². The Bertz CT molecular complexity index is 717. The first-order chi connectivity index (χ1) is 14.1. The van der Waals surface area contributed by atoms with Crippen molar-refractivity contribution in [2.24, 2.45) is 22.7 Å². The molecule has 0 aliphatic heterocycles. The van der Waals surface area contributed by atoms with Crippen molar-refractivity contribution in [1.29, 1.82) is 0 Å². The van der Waals surface area contributed by atoms with Crippen molar-refractivity contribution < 1.29 is 10.2 Å². The third-order valence-corrected chi connectivity index (χ3v) is 9.30. The van der Waals surface area contributed by atoms with Gasteiger partial charge in [-0.1, -0.05) is 37.6 Å². The van der Waals surface area contributed by atoms with E-state index in [1.165, 1.54) is 63.4 Å². The largest absolute Gasteiger partial charge is 0.390 e. The summed E-state index contributed by atoms with van der Waals surface area (Å²) in [5.74, 6) is 1.60. The van der Waals surface area contributed by atoms with E-state index in [1.54, 1.807) is 5.57 Å². The van der Waals surface area contributed by atoms with Crippen LogP contribution in [-0.2, 0) is 0 Å². The maximum Gasteiger partial charge on any atom is 0.0787 e. The highest BCUT2D eigenvalue weighted by Gasteiger charge is 2.60. The molecule has 0 aromatic heterocycles. The molecule has 0 radical (unpaired) electrons. The van der Waals surface area contributed by atoms with Crippen LogP contribution in [0.1, 0.15) is 104 Å². The van der Waals surface area contributed by atoms with Gasteiger partial charge in [-0.15, -0.1) is 0 Å². The molecule has 4 aliphatic rings. The molecule has 4 aliphatic carbocycles. The minimum atomic E-state index is -0.525. The molecule has 0 saturated heterocycles. The van der Waals surface area contributed by atoms with E-state index in [0.717, 1.165) is 43.1 Å². The van der Waals surface area contributed by atoms with Crippen molar-refractivity contribution in [2.45, 2.75) is 116 Å². The maximum absolute atomic E-state index is 10.2. The lowest BCUT2D eigenvalue weighted by Gasteiger charge is -2.45. The summed E-state index contributed by atoms with van der Waals surface area (Å²) in [6.07, 6.45) is 20.3. The van der Waals surface area contributed by atoms with E-state index in [0.29, 0.717) is 10.8 Å². The molecule has 168 valence electrons. The molecule has 2 nitrogen and oxygen atoms in total. The highest BCUT2D eigenvalue weighted by Crippen LogP contribution is 2.70. The van der Waals surface area contributed by atoms with E-state index >= 15 is 0 Å². The van der Waals surface area contributed by atoms with Crippen LogP contribution in [0.3, 0.4) is 0 Å². The molecule has 0 heterocycles. The molecule has 0 bridgehead atoms. The van der Waals surface area contributed by atoms with Gasteiger partial charge in [0.25, 0.3) is 0 Å². The number of rotatable bonds is 6. The van der Waals surface area contributed by atoms with Crippen molar-refractivity contribution in [2.75, 3.05) is 0 Å². The molecule has 4 saturated carbocycles. The van der Waals surface area contributed by atoms with E-state index in [-0.39, 0.29) is 6.10 Å². The minimum Gasteiger partial charge on any atom is -0.390 e. The Balaban J connectivity index is 1.48. The van der Waals surface area contributed by atoms with Gasteiger partial charge in [0.2, 0.25) is 0 Å². The average Bonchev–Trinajstić information content (AvgIpc) is 3.35. The van der Waals surface area contributed by atoms with E-state index < -0.39 is 5.60 Å². The second kappa shape index (κ2) is 8.24. The number of hydrogen-bond donors (Lipinski definition) is 2. The lowest BCUT2D eigenvalue weighted by atomic mass is 9.59. The van der Waals surface area contributed by atoms with Gasteiger partial charge in [0.15, 0.2) is 0 Å². The summed E-state index contributed by atoms with van der Waals surface area (Å²) in [6.45, 7) is 10.7. The first-order valence-corrected chi connectivity index (χ1v) is 12.6. The van der Waals surface area contributed by atoms with Crippen LogP contribution in [0.25, 0.3) is 0 Å². The molecule has 4 atom stereocenters. The number of fused-ring (bicyclic) bond motifs is 1. The second-order valence-corrected chi connectivity index (χ2v) is 11.9. The van der Waals surface area contributed by atoms with Crippen molar-refractivity contribution in [3.8, 4) is 0 Å². The van der Waals surface area contributed by atoms with Crippen LogP contribution in [0.15, 0.2) is 35.5 Å². The Morgan fingerprint density at radius 3 is 2.53 bits per heavy atom. The van der Waals surface area contributed by atoms with Crippen LogP contribution in [0, 0.1) is 22.7 Å². The van der Waals surface area contributed by atoms with Gasteiger partial charge in [0.1, 0.15) is 0 Å². The van der Waals surface area contributed by atoms with Crippen molar-refractivity contribution in [3.05, 3.63) is 35.5 Å². The van der Waals surface area contributed by atoms with E-state index in [9.17, 15) is 10.2 Å². The fourth-order valence-corrected chi connectivity index (χ4v) is 7.48. The number of hydrogen-bond acceptors (Lipinski definition) is 2. The minimum absolute atomic E-state index is 0.338. The SMILES string of the molecule is C=C1C(=CC=C2CCC[C@@]3(C)C2CC[C@@H]3C2(CCCC(C)(C)O)CC2)CCC[C@@H]1O. The predicted octanol–water partition coefficient (Wildman–Crippen LogP) is 6.88. The Kier molecular flexibility index (Phi) is 6.14. The summed E-state index contributed by atoms with van der Waals surface area (Å²) in [7, 11) is 0. The van der Waals surface area contributed by atoms with E-state index in [2.05, 4.69) is 25.7 Å². The van der Waals surface area contributed by atoms with Crippen LogP contribution in [0.2, 0.25) is 0 Å². The van der Waals surface area contributed by atoms with Crippen LogP contribution >= 0.6 is 0 Å². The molecule has 1 unspecified atom stereocenters. The Hall–Kier alpha value is -0.860. The van der Waals surface area contributed by atoms with Gasteiger partial charge in [-0.05, 0) is 125 Å². The quantitative estimate of drug-likeness (QED) is 0.499. The smallest absolute Gasteiger partial charge is 0.0787 e.